The number of hydrogen-bond donors (Lipinski definition) is 1. The fraction of sp³-hybridized carbons (Fsp3) is 1.00. The van der Waals surface area contributed by atoms with E-state index in [0.29, 0.717) is 6.04 Å². The van der Waals surface area contributed by atoms with Crippen molar-refractivity contribution >= 4 is 0 Å². The van der Waals surface area contributed by atoms with E-state index in [1.807, 2.05) is 0 Å². The zero-order chi connectivity index (χ0) is 14.5. The monoisotopic (exact) mass is 280 g/mol. The van der Waals surface area contributed by atoms with Crippen molar-refractivity contribution in [3.05, 3.63) is 0 Å². The number of rotatable bonds is 5. The first-order valence-electron chi connectivity index (χ1n) is 9.07. The summed E-state index contributed by atoms with van der Waals surface area (Å²) in [5, 5.41) is 0. The molecule has 0 aromatic rings. The molecule has 0 aliphatic heterocycles. The van der Waals surface area contributed by atoms with E-state index in [1.54, 1.807) is 0 Å². The molecular weight excluding hydrogens is 244 g/mol. The molecule has 0 amide bonds. The van der Waals surface area contributed by atoms with Crippen LogP contribution in [0.4, 0.5) is 0 Å². The Hall–Kier alpha value is -0.0800. The molecule has 0 aromatic heterocycles. The number of hydrogen-bond acceptors (Lipinski definition) is 2. The maximum atomic E-state index is 6.16. The quantitative estimate of drug-likeness (QED) is 0.823. The molecule has 0 aromatic carbocycles. The van der Waals surface area contributed by atoms with Gasteiger partial charge in [0.2, 0.25) is 0 Å². The van der Waals surface area contributed by atoms with E-state index >= 15 is 0 Å². The average Bonchev–Trinajstić information content (AvgIpc) is 2.50. The lowest BCUT2D eigenvalue weighted by Gasteiger charge is -2.43. The molecule has 0 spiro atoms. The van der Waals surface area contributed by atoms with E-state index < -0.39 is 0 Å². The Kier molecular flexibility index (Phi) is 6.35. The van der Waals surface area contributed by atoms with Crippen molar-refractivity contribution in [2.24, 2.45) is 23.5 Å². The van der Waals surface area contributed by atoms with Crippen LogP contribution in [0.3, 0.4) is 0 Å². The van der Waals surface area contributed by atoms with Crippen LogP contribution >= 0.6 is 0 Å². The molecule has 0 heterocycles. The lowest BCUT2D eigenvalue weighted by molar-refractivity contribution is 0.0707. The van der Waals surface area contributed by atoms with Gasteiger partial charge in [0, 0.05) is 18.6 Å². The average molecular weight is 280 g/mol. The number of nitrogens with zero attached hydrogens (tertiary/aromatic N) is 1. The fourth-order valence-electron chi connectivity index (χ4n) is 4.59. The maximum Gasteiger partial charge on any atom is 0.0246 e. The van der Waals surface area contributed by atoms with Crippen LogP contribution in [0.25, 0.3) is 0 Å². The van der Waals surface area contributed by atoms with Crippen LogP contribution in [0.1, 0.15) is 71.6 Å². The van der Waals surface area contributed by atoms with E-state index in [9.17, 15) is 0 Å². The summed E-state index contributed by atoms with van der Waals surface area (Å²) in [5.41, 5.74) is 6.16. The second-order valence-corrected chi connectivity index (χ2v) is 7.57. The Morgan fingerprint density at radius 3 is 2.10 bits per heavy atom. The highest BCUT2D eigenvalue weighted by Crippen LogP contribution is 2.35. The highest BCUT2D eigenvalue weighted by Gasteiger charge is 2.32. The minimum Gasteiger partial charge on any atom is -0.329 e. The van der Waals surface area contributed by atoms with Crippen molar-refractivity contribution in [3.63, 3.8) is 0 Å². The molecule has 20 heavy (non-hydrogen) atoms. The zero-order valence-electron chi connectivity index (χ0n) is 14.0. The summed E-state index contributed by atoms with van der Waals surface area (Å²) in [6, 6.07) is 1.43. The first-order chi connectivity index (χ1) is 9.65. The third-order valence-corrected chi connectivity index (χ3v) is 6.34. The second-order valence-electron chi connectivity index (χ2n) is 7.57. The predicted molar refractivity (Wildman–Crippen MR) is 87.8 cm³/mol. The van der Waals surface area contributed by atoms with Gasteiger partial charge in [-0.25, -0.2) is 0 Å². The largest absolute Gasteiger partial charge is 0.329 e. The molecule has 2 aliphatic rings. The second kappa shape index (κ2) is 7.79. The topological polar surface area (TPSA) is 29.3 Å². The van der Waals surface area contributed by atoms with Crippen molar-refractivity contribution in [1.82, 2.24) is 4.90 Å². The van der Waals surface area contributed by atoms with Crippen molar-refractivity contribution in [2.75, 3.05) is 13.6 Å². The highest BCUT2D eigenvalue weighted by molar-refractivity contribution is 4.87. The SMILES string of the molecule is CCC1CCC(N(C)C(CN)C2CCC(C)CC2)CC1. The van der Waals surface area contributed by atoms with Gasteiger partial charge in [-0.2, -0.15) is 0 Å². The van der Waals surface area contributed by atoms with Crippen molar-refractivity contribution in [1.29, 1.82) is 0 Å². The Labute approximate surface area is 126 Å². The summed E-state index contributed by atoms with van der Waals surface area (Å²) in [6.45, 7) is 5.60. The Morgan fingerprint density at radius 2 is 1.60 bits per heavy atom. The van der Waals surface area contributed by atoms with Gasteiger partial charge in [0.15, 0.2) is 0 Å². The van der Waals surface area contributed by atoms with Gasteiger partial charge in [-0.1, -0.05) is 33.1 Å². The van der Waals surface area contributed by atoms with Crippen molar-refractivity contribution in [3.8, 4) is 0 Å². The van der Waals surface area contributed by atoms with Gasteiger partial charge in [-0.05, 0) is 63.3 Å². The van der Waals surface area contributed by atoms with Gasteiger partial charge in [0.05, 0.1) is 0 Å². The Bertz CT molecular complexity index is 263. The van der Waals surface area contributed by atoms with Crippen molar-refractivity contribution < 1.29 is 0 Å². The summed E-state index contributed by atoms with van der Waals surface area (Å²) < 4.78 is 0. The van der Waals surface area contributed by atoms with E-state index in [-0.39, 0.29) is 0 Å². The minimum atomic E-state index is 0.630. The molecule has 118 valence electrons. The molecule has 2 nitrogen and oxygen atoms in total. The standard InChI is InChI=1S/C18H36N2/c1-4-15-7-11-17(12-8-15)20(3)18(13-19)16-9-5-14(2)6-10-16/h14-18H,4-13,19H2,1-3H3. The molecule has 0 saturated heterocycles. The van der Waals surface area contributed by atoms with Crippen LogP contribution in [-0.4, -0.2) is 30.6 Å². The van der Waals surface area contributed by atoms with Crippen LogP contribution in [0.2, 0.25) is 0 Å². The highest BCUT2D eigenvalue weighted by atomic mass is 15.2. The summed E-state index contributed by atoms with van der Waals surface area (Å²) in [7, 11) is 2.35. The van der Waals surface area contributed by atoms with Crippen LogP contribution in [0, 0.1) is 17.8 Å². The normalized spacial score (nSPS) is 37.0. The maximum absolute atomic E-state index is 6.16. The zero-order valence-corrected chi connectivity index (χ0v) is 14.0. The molecule has 2 fully saturated rings. The summed E-state index contributed by atoms with van der Waals surface area (Å²) in [4.78, 5) is 2.67. The summed E-state index contributed by atoms with van der Waals surface area (Å²) in [6.07, 6.45) is 12.7. The lowest BCUT2D eigenvalue weighted by atomic mass is 9.77. The van der Waals surface area contributed by atoms with Crippen LogP contribution in [-0.2, 0) is 0 Å². The van der Waals surface area contributed by atoms with E-state index in [2.05, 4.69) is 25.8 Å². The third-order valence-electron chi connectivity index (χ3n) is 6.34. The first kappa shape index (κ1) is 16.3. The van der Waals surface area contributed by atoms with Gasteiger partial charge >= 0.3 is 0 Å². The Morgan fingerprint density at radius 1 is 1.00 bits per heavy atom. The minimum absolute atomic E-state index is 0.630. The summed E-state index contributed by atoms with van der Waals surface area (Å²) in [5.74, 6) is 2.78. The first-order valence-corrected chi connectivity index (χ1v) is 9.07. The van der Waals surface area contributed by atoms with Gasteiger partial charge < -0.3 is 5.73 Å². The van der Waals surface area contributed by atoms with Crippen LogP contribution < -0.4 is 5.73 Å². The summed E-state index contributed by atoms with van der Waals surface area (Å²) >= 11 is 0. The van der Waals surface area contributed by atoms with Crippen LogP contribution in [0.5, 0.6) is 0 Å². The van der Waals surface area contributed by atoms with Gasteiger partial charge in [-0.3, -0.25) is 4.90 Å². The van der Waals surface area contributed by atoms with E-state index in [1.165, 1.54) is 57.8 Å². The third kappa shape index (κ3) is 3.98. The molecule has 2 saturated carbocycles. The predicted octanol–water partition coefficient (Wildman–Crippen LogP) is 4.04. The van der Waals surface area contributed by atoms with Gasteiger partial charge in [0.1, 0.15) is 0 Å². The molecule has 2 N–H and O–H groups in total. The van der Waals surface area contributed by atoms with Crippen molar-refractivity contribution in [2.45, 2.75) is 83.7 Å². The molecule has 1 unspecified atom stereocenters. The molecular formula is C18H36N2. The van der Waals surface area contributed by atoms with E-state index in [0.717, 1.165) is 30.3 Å². The smallest absolute Gasteiger partial charge is 0.0246 e. The number of likely N-dealkylation sites (N-methyl/N-ethyl adjacent to an activating group) is 1. The van der Waals surface area contributed by atoms with Crippen LogP contribution in [0.15, 0.2) is 0 Å². The molecule has 0 bridgehead atoms. The fourth-order valence-corrected chi connectivity index (χ4v) is 4.59. The van der Waals surface area contributed by atoms with Gasteiger partial charge in [0.25, 0.3) is 0 Å². The molecule has 1 atom stereocenters. The molecule has 2 rings (SSSR count). The molecule has 2 heteroatoms. The number of nitrogens with two attached hydrogens (primary N) is 1. The van der Waals surface area contributed by atoms with Gasteiger partial charge in [-0.15, -0.1) is 0 Å². The lowest BCUT2D eigenvalue weighted by Crippen LogP contribution is -2.50. The molecule has 0 radical (unpaired) electrons. The Balaban J connectivity index is 1.87. The molecule has 2 aliphatic carbocycles. The van der Waals surface area contributed by atoms with E-state index in [4.69, 9.17) is 5.73 Å².